The summed E-state index contributed by atoms with van der Waals surface area (Å²) in [5.41, 5.74) is 0.801. The second-order valence-electron chi connectivity index (χ2n) is 6.87. The summed E-state index contributed by atoms with van der Waals surface area (Å²) >= 11 is 0. The van der Waals surface area contributed by atoms with Crippen LogP contribution < -0.4 is 0 Å². The molecule has 1 aromatic carbocycles. The van der Waals surface area contributed by atoms with Gasteiger partial charge in [0.1, 0.15) is 12.7 Å². The van der Waals surface area contributed by atoms with Crippen LogP contribution in [0, 0.1) is 0 Å². The van der Waals surface area contributed by atoms with Crippen molar-refractivity contribution in [3.05, 3.63) is 42.0 Å². The summed E-state index contributed by atoms with van der Waals surface area (Å²) in [6.45, 7) is 3.11. The third-order valence-electron chi connectivity index (χ3n) is 4.33. The van der Waals surface area contributed by atoms with E-state index >= 15 is 0 Å². The van der Waals surface area contributed by atoms with Crippen LogP contribution in [-0.4, -0.2) is 68.3 Å². The van der Waals surface area contributed by atoms with Gasteiger partial charge < -0.3 is 28.4 Å². The Kier molecular flexibility index (Phi) is 9.36. The fourth-order valence-electron chi connectivity index (χ4n) is 3.12. The lowest BCUT2D eigenvalue weighted by Gasteiger charge is -2.43. The van der Waals surface area contributed by atoms with Crippen molar-refractivity contribution in [3.63, 3.8) is 0 Å². The molecular formula is C22H26O10. The highest BCUT2D eigenvalue weighted by atomic mass is 16.7. The van der Waals surface area contributed by atoms with Gasteiger partial charge in [0.25, 0.3) is 0 Å². The van der Waals surface area contributed by atoms with Crippen LogP contribution in [0.4, 0.5) is 0 Å². The van der Waals surface area contributed by atoms with E-state index in [-0.39, 0.29) is 6.61 Å². The van der Waals surface area contributed by atoms with Gasteiger partial charge in [0, 0.05) is 34.0 Å². The molecule has 1 heterocycles. The second-order valence-corrected chi connectivity index (χ2v) is 6.87. The van der Waals surface area contributed by atoms with Gasteiger partial charge in [-0.1, -0.05) is 30.3 Å². The largest absolute Gasteiger partial charge is 0.460 e. The van der Waals surface area contributed by atoms with Crippen molar-refractivity contribution in [2.75, 3.05) is 13.7 Å². The van der Waals surface area contributed by atoms with Gasteiger partial charge in [0.15, 0.2) is 24.6 Å². The average molecular weight is 450 g/mol. The minimum Gasteiger partial charge on any atom is -0.460 e. The first-order valence-corrected chi connectivity index (χ1v) is 9.81. The molecule has 5 atom stereocenters. The first-order chi connectivity index (χ1) is 15.2. The predicted octanol–water partition coefficient (Wildman–Crippen LogP) is 1.41. The maximum Gasteiger partial charge on any atom is 0.330 e. The van der Waals surface area contributed by atoms with E-state index in [0.29, 0.717) is 0 Å². The summed E-state index contributed by atoms with van der Waals surface area (Å²) < 4.78 is 32.0. The fraction of sp³-hybridized carbons (Fsp3) is 0.455. The molecule has 0 N–H and O–H groups in total. The lowest BCUT2D eigenvalue weighted by Crippen LogP contribution is -2.62. The van der Waals surface area contributed by atoms with E-state index in [2.05, 4.69) is 0 Å². The second kappa shape index (κ2) is 12.0. The van der Waals surface area contributed by atoms with E-state index in [1.54, 1.807) is 6.08 Å². The highest BCUT2D eigenvalue weighted by Crippen LogP contribution is 2.29. The number of esters is 4. The molecule has 0 aliphatic carbocycles. The monoisotopic (exact) mass is 450 g/mol. The van der Waals surface area contributed by atoms with Crippen LogP contribution in [0.2, 0.25) is 0 Å². The number of hydrogen-bond acceptors (Lipinski definition) is 10. The predicted molar refractivity (Wildman–Crippen MR) is 109 cm³/mol. The standard InChI is InChI=1S/C22H26O10/c1-13(23)29-19-17(12-28-18(26)11-10-16-8-6-5-7-9-16)32-22(27-4)21(31-15(3)25)20(19)30-14(2)24/h5-11,17,19-22H,12H2,1-4H3/b11-10+/t17-,19-,20+,21-,22+/m1/s1. The van der Waals surface area contributed by atoms with Crippen molar-refractivity contribution in [3.8, 4) is 0 Å². The summed E-state index contributed by atoms with van der Waals surface area (Å²) in [5.74, 6) is -2.76. The molecule has 0 bridgehead atoms. The van der Waals surface area contributed by atoms with Crippen LogP contribution in [0.5, 0.6) is 0 Å². The van der Waals surface area contributed by atoms with Crippen LogP contribution in [0.15, 0.2) is 36.4 Å². The van der Waals surface area contributed by atoms with E-state index in [0.717, 1.165) is 26.3 Å². The Labute approximate surface area is 185 Å². The topological polar surface area (TPSA) is 124 Å². The summed E-state index contributed by atoms with van der Waals surface area (Å²) in [4.78, 5) is 47.1. The fourth-order valence-corrected chi connectivity index (χ4v) is 3.12. The zero-order chi connectivity index (χ0) is 23.7. The molecule has 2 rings (SSSR count). The van der Waals surface area contributed by atoms with Crippen LogP contribution in [-0.2, 0) is 47.6 Å². The molecular weight excluding hydrogens is 424 g/mol. The van der Waals surface area contributed by atoms with Crippen molar-refractivity contribution in [1.82, 2.24) is 0 Å². The highest BCUT2D eigenvalue weighted by molar-refractivity contribution is 5.87. The average Bonchev–Trinajstić information content (AvgIpc) is 2.73. The number of rotatable bonds is 8. The highest BCUT2D eigenvalue weighted by Gasteiger charge is 2.52. The molecule has 10 nitrogen and oxygen atoms in total. The lowest BCUT2D eigenvalue weighted by molar-refractivity contribution is -0.302. The van der Waals surface area contributed by atoms with Crippen LogP contribution in [0.25, 0.3) is 6.08 Å². The first-order valence-electron chi connectivity index (χ1n) is 9.81. The van der Waals surface area contributed by atoms with Gasteiger partial charge in [0.2, 0.25) is 0 Å². The number of benzene rings is 1. The van der Waals surface area contributed by atoms with Gasteiger partial charge in [-0.15, -0.1) is 0 Å². The third-order valence-corrected chi connectivity index (χ3v) is 4.33. The zero-order valence-electron chi connectivity index (χ0n) is 18.2. The van der Waals surface area contributed by atoms with Gasteiger partial charge in [0.05, 0.1) is 0 Å². The molecule has 174 valence electrons. The van der Waals surface area contributed by atoms with Gasteiger partial charge in [-0.3, -0.25) is 14.4 Å². The number of ether oxygens (including phenoxy) is 6. The van der Waals surface area contributed by atoms with E-state index in [1.807, 2.05) is 30.3 Å². The van der Waals surface area contributed by atoms with E-state index in [4.69, 9.17) is 28.4 Å². The SMILES string of the molecule is CO[C@H]1O[C@H](COC(=O)/C=C/c2ccccc2)[C@@H](OC(C)=O)[C@H](OC(C)=O)[C@H]1OC(C)=O. The third kappa shape index (κ3) is 7.47. The summed E-state index contributed by atoms with van der Waals surface area (Å²) in [7, 11) is 1.30. The Bertz CT molecular complexity index is 834. The van der Waals surface area contributed by atoms with Crippen molar-refractivity contribution < 1.29 is 47.6 Å². The zero-order valence-corrected chi connectivity index (χ0v) is 18.2. The quantitative estimate of drug-likeness (QED) is 0.326. The molecule has 0 radical (unpaired) electrons. The van der Waals surface area contributed by atoms with Gasteiger partial charge >= 0.3 is 23.9 Å². The van der Waals surface area contributed by atoms with Gasteiger partial charge in [-0.05, 0) is 11.6 Å². The minimum absolute atomic E-state index is 0.347. The molecule has 10 heteroatoms. The maximum atomic E-state index is 12.1. The number of carbonyl (C=O) groups excluding carboxylic acids is 4. The molecule has 0 amide bonds. The Hall–Kier alpha value is -3.24. The maximum absolute atomic E-state index is 12.1. The number of methoxy groups -OCH3 is 1. The molecule has 1 aliphatic rings. The molecule has 0 aromatic heterocycles. The van der Waals surface area contributed by atoms with Crippen LogP contribution >= 0.6 is 0 Å². The Morgan fingerprint density at radius 1 is 0.875 bits per heavy atom. The number of carbonyl (C=O) groups is 4. The van der Waals surface area contributed by atoms with E-state index < -0.39 is 54.6 Å². The summed E-state index contributed by atoms with van der Waals surface area (Å²) in [6, 6.07) is 9.12. The van der Waals surface area contributed by atoms with Crippen molar-refractivity contribution in [2.45, 2.75) is 51.5 Å². The molecule has 0 spiro atoms. The molecule has 32 heavy (non-hydrogen) atoms. The van der Waals surface area contributed by atoms with Crippen molar-refractivity contribution >= 4 is 30.0 Å². The van der Waals surface area contributed by atoms with Crippen LogP contribution in [0.3, 0.4) is 0 Å². The van der Waals surface area contributed by atoms with Crippen molar-refractivity contribution in [2.24, 2.45) is 0 Å². The Morgan fingerprint density at radius 2 is 1.44 bits per heavy atom. The summed E-state index contributed by atoms with van der Waals surface area (Å²) in [6.07, 6.45) is -3.11. The van der Waals surface area contributed by atoms with E-state index in [9.17, 15) is 19.2 Å². The first kappa shape index (κ1) is 25.0. The van der Waals surface area contributed by atoms with Gasteiger partial charge in [-0.25, -0.2) is 4.79 Å². The molecule has 0 unspecified atom stereocenters. The number of hydrogen-bond donors (Lipinski definition) is 0. The van der Waals surface area contributed by atoms with Gasteiger partial charge in [-0.2, -0.15) is 0 Å². The normalized spacial score (nSPS) is 25.1. The summed E-state index contributed by atoms with van der Waals surface area (Å²) in [5, 5.41) is 0. The lowest BCUT2D eigenvalue weighted by atomic mass is 9.98. The molecule has 0 saturated carbocycles. The Morgan fingerprint density at radius 3 is 2.00 bits per heavy atom. The smallest absolute Gasteiger partial charge is 0.330 e. The van der Waals surface area contributed by atoms with Crippen LogP contribution in [0.1, 0.15) is 26.3 Å². The minimum atomic E-state index is -1.25. The molecule has 1 saturated heterocycles. The molecule has 1 aromatic rings. The van der Waals surface area contributed by atoms with E-state index in [1.165, 1.54) is 13.2 Å². The molecule has 1 aliphatic heterocycles. The molecule has 1 fully saturated rings. The van der Waals surface area contributed by atoms with Crippen molar-refractivity contribution in [1.29, 1.82) is 0 Å². The Balaban J connectivity index is 2.19.